The number of carbonyl (C=O) groups excluding carboxylic acids is 2. The number of nitrogens with two attached hydrogens (primary N) is 1. The molecule has 10 nitrogen and oxygen atoms in total. The molecule has 1 aliphatic heterocycles. The summed E-state index contributed by atoms with van der Waals surface area (Å²) in [5, 5.41) is 21.9. The molecule has 12 heteroatoms. The molecule has 200 valence electrons. The number of furan rings is 1. The summed E-state index contributed by atoms with van der Waals surface area (Å²) in [5.74, 6) is 0.492. The number of thioether (sulfide) groups is 1. The average Bonchev–Trinajstić information content (AvgIpc) is 3.59. The van der Waals surface area contributed by atoms with Crippen molar-refractivity contribution in [3.05, 3.63) is 71.1 Å². The van der Waals surface area contributed by atoms with Crippen molar-refractivity contribution < 1.29 is 18.7 Å². The molecule has 3 aromatic rings. The molecule has 3 heterocycles. The first kappa shape index (κ1) is 26.5. The second kappa shape index (κ2) is 10.6. The number of amides is 1. The van der Waals surface area contributed by atoms with Gasteiger partial charge in [-0.3, -0.25) is 14.5 Å². The highest BCUT2D eigenvalue weighted by Crippen LogP contribution is 2.50. The van der Waals surface area contributed by atoms with Gasteiger partial charge in [-0.2, -0.15) is 5.26 Å². The predicted octanol–water partition coefficient (Wildman–Crippen LogP) is 4.81. The monoisotopic (exact) mass is 562 g/mol. The van der Waals surface area contributed by atoms with Crippen molar-refractivity contribution in [2.24, 2.45) is 11.1 Å². The summed E-state index contributed by atoms with van der Waals surface area (Å²) in [7, 11) is 1.56. The minimum Gasteiger partial charge on any atom is -0.497 e. The van der Waals surface area contributed by atoms with Crippen LogP contribution in [0.4, 0.5) is 10.8 Å². The summed E-state index contributed by atoms with van der Waals surface area (Å²) in [5.41, 5.74) is 8.32. The highest BCUT2D eigenvalue weighted by atomic mass is 32.2. The quantitative estimate of drug-likeness (QED) is 0.384. The smallest absolute Gasteiger partial charge is 0.234 e. The summed E-state index contributed by atoms with van der Waals surface area (Å²) < 4.78 is 11.4. The van der Waals surface area contributed by atoms with E-state index in [9.17, 15) is 14.9 Å². The number of Topliss-reactive ketones (excluding diaryl/α,β-unsaturated/α-hetero) is 1. The fourth-order valence-corrected chi connectivity index (χ4v) is 6.52. The predicted molar refractivity (Wildman–Crippen MR) is 148 cm³/mol. The number of rotatable bonds is 7. The molecule has 39 heavy (non-hydrogen) atoms. The summed E-state index contributed by atoms with van der Waals surface area (Å²) in [6, 6.07) is 12.8. The number of carbonyl (C=O) groups is 2. The zero-order chi connectivity index (χ0) is 27.7. The molecular formula is C27H26N6O4S2. The van der Waals surface area contributed by atoms with Crippen molar-refractivity contribution in [3.8, 4) is 11.8 Å². The van der Waals surface area contributed by atoms with E-state index in [0.29, 0.717) is 50.8 Å². The van der Waals surface area contributed by atoms with Crippen molar-refractivity contribution >= 4 is 45.6 Å². The topological polar surface area (TPSA) is 147 Å². The number of nitrogens with zero attached hydrogens (tertiary/aromatic N) is 4. The second-order valence-corrected chi connectivity index (χ2v) is 12.1. The molecule has 0 saturated carbocycles. The Bertz CT molecular complexity index is 1530. The van der Waals surface area contributed by atoms with Gasteiger partial charge in [0.15, 0.2) is 10.1 Å². The fourth-order valence-electron chi connectivity index (χ4n) is 4.84. The first-order valence-electron chi connectivity index (χ1n) is 12.1. The van der Waals surface area contributed by atoms with Crippen LogP contribution in [-0.2, 0) is 9.59 Å². The highest BCUT2D eigenvalue weighted by molar-refractivity contribution is 8.01. The van der Waals surface area contributed by atoms with E-state index in [1.165, 1.54) is 29.4 Å². The molecule has 3 N–H and O–H groups in total. The van der Waals surface area contributed by atoms with Crippen molar-refractivity contribution in [2.75, 3.05) is 23.1 Å². The molecule has 0 saturated heterocycles. The lowest BCUT2D eigenvalue weighted by molar-refractivity contribution is -0.118. The molecule has 2 aliphatic rings. The van der Waals surface area contributed by atoms with E-state index in [0.717, 1.165) is 0 Å². The zero-order valence-electron chi connectivity index (χ0n) is 21.6. The zero-order valence-corrected chi connectivity index (χ0v) is 23.2. The number of anilines is 2. The van der Waals surface area contributed by atoms with Gasteiger partial charge in [0.1, 0.15) is 17.3 Å². The number of methoxy groups -OCH3 is 1. The minimum atomic E-state index is -0.679. The van der Waals surface area contributed by atoms with E-state index in [1.54, 1.807) is 48.4 Å². The molecule has 0 spiro atoms. The van der Waals surface area contributed by atoms with Gasteiger partial charge >= 0.3 is 0 Å². The van der Waals surface area contributed by atoms with Crippen LogP contribution in [0.25, 0.3) is 0 Å². The van der Waals surface area contributed by atoms with Crippen LogP contribution in [0.1, 0.15) is 38.4 Å². The van der Waals surface area contributed by atoms with Crippen LogP contribution >= 0.6 is 23.1 Å². The fraction of sp³-hybridized carbons (Fsp3) is 0.296. The second-order valence-electron chi connectivity index (χ2n) is 9.92. The molecule has 1 atom stereocenters. The van der Waals surface area contributed by atoms with E-state index >= 15 is 0 Å². The van der Waals surface area contributed by atoms with Crippen LogP contribution in [0.2, 0.25) is 0 Å². The van der Waals surface area contributed by atoms with E-state index in [4.69, 9.17) is 14.9 Å². The summed E-state index contributed by atoms with van der Waals surface area (Å²) in [4.78, 5) is 27.7. The van der Waals surface area contributed by atoms with Crippen LogP contribution in [0.3, 0.4) is 0 Å². The molecule has 2 aromatic heterocycles. The van der Waals surface area contributed by atoms with Gasteiger partial charge in [-0.15, -0.1) is 10.2 Å². The van der Waals surface area contributed by atoms with Crippen LogP contribution in [0, 0.1) is 16.7 Å². The largest absolute Gasteiger partial charge is 0.497 e. The summed E-state index contributed by atoms with van der Waals surface area (Å²) in [6.45, 7) is 4.05. The standard InChI is InChI=1S/C27H26N6O4S2/c1-27(2)11-18-23(19(34)12-27)22(20-8-5-9-37-20)17(13-28)24(29)33(18)25-31-32-26(39-25)38-14-21(35)30-15-6-4-7-16(10-15)36-3/h4-10,22H,11-12,14,29H2,1-3H3,(H,30,35). The Kier molecular flexibility index (Phi) is 7.20. The Morgan fingerprint density at radius 2 is 2.15 bits per heavy atom. The van der Waals surface area contributed by atoms with Gasteiger partial charge in [-0.1, -0.05) is 43.0 Å². The first-order chi connectivity index (χ1) is 18.7. The lowest BCUT2D eigenvalue weighted by Crippen LogP contribution is -2.42. The SMILES string of the molecule is COc1cccc(NC(=O)CSc2nnc(N3C(N)=C(C#N)C(c4ccco4)C4=C3CC(C)(C)CC4=O)s2)c1. The van der Waals surface area contributed by atoms with E-state index < -0.39 is 5.92 Å². The molecule has 1 unspecified atom stereocenters. The first-order valence-corrected chi connectivity index (χ1v) is 13.9. The number of hydrogen-bond donors (Lipinski definition) is 2. The number of ketones is 1. The Morgan fingerprint density at radius 1 is 1.33 bits per heavy atom. The molecule has 0 radical (unpaired) electrons. The molecule has 0 fully saturated rings. The van der Waals surface area contributed by atoms with Gasteiger partial charge in [0.25, 0.3) is 0 Å². The summed E-state index contributed by atoms with van der Waals surface area (Å²) >= 11 is 2.47. The van der Waals surface area contributed by atoms with Crippen molar-refractivity contribution in [1.29, 1.82) is 5.26 Å². The van der Waals surface area contributed by atoms with E-state index in [-0.39, 0.29) is 34.3 Å². The summed E-state index contributed by atoms with van der Waals surface area (Å²) in [6.07, 6.45) is 2.41. The maximum atomic E-state index is 13.5. The Labute approximate surface area is 233 Å². The Balaban J connectivity index is 1.42. The van der Waals surface area contributed by atoms with Gasteiger partial charge in [-0.05, 0) is 36.1 Å². The third-order valence-corrected chi connectivity index (χ3v) is 8.52. The molecule has 0 bridgehead atoms. The molecular weight excluding hydrogens is 536 g/mol. The van der Waals surface area contributed by atoms with Gasteiger partial charge in [0.2, 0.25) is 11.0 Å². The van der Waals surface area contributed by atoms with Crippen LogP contribution in [0.5, 0.6) is 5.75 Å². The highest BCUT2D eigenvalue weighted by Gasteiger charge is 2.46. The maximum Gasteiger partial charge on any atom is 0.234 e. The Morgan fingerprint density at radius 3 is 2.87 bits per heavy atom. The van der Waals surface area contributed by atoms with Crippen molar-refractivity contribution in [2.45, 2.75) is 36.9 Å². The van der Waals surface area contributed by atoms with E-state index in [2.05, 4.69) is 21.6 Å². The van der Waals surface area contributed by atoms with Crippen LogP contribution in [0.15, 0.2) is 74.1 Å². The molecule has 1 amide bonds. The molecule has 1 aromatic carbocycles. The third-order valence-electron chi connectivity index (χ3n) is 6.48. The Hall–Kier alpha value is -4.08. The molecule has 5 rings (SSSR count). The van der Waals surface area contributed by atoms with Crippen LogP contribution < -0.4 is 20.7 Å². The number of nitriles is 1. The third kappa shape index (κ3) is 5.28. The van der Waals surface area contributed by atoms with Crippen LogP contribution in [-0.4, -0.2) is 34.8 Å². The van der Waals surface area contributed by atoms with E-state index in [1.807, 2.05) is 13.8 Å². The van der Waals surface area contributed by atoms with Gasteiger partial charge in [0.05, 0.1) is 36.7 Å². The minimum absolute atomic E-state index is 0.0544. The molecule has 1 aliphatic carbocycles. The number of aromatic nitrogens is 2. The number of nitrogens with one attached hydrogen (secondary N) is 1. The van der Waals surface area contributed by atoms with Crippen molar-refractivity contribution in [1.82, 2.24) is 10.2 Å². The lowest BCUT2D eigenvalue weighted by Gasteiger charge is -2.42. The number of allylic oxidation sites excluding steroid dienone is 3. The van der Waals surface area contributed by atoms with Crippen molar-refractivity contribution in [3.63, 3.8) is 0 Å². The van der Waals surface area contributed by atoms with Gasteiger partial charge in [-0.25, -0.2) is 0 Å². The van der Waals surface area contributed by atoms with Gasteiger partial charge in [0, 0.05) is 29.4 Å². The number of benzene rings is 1. The average molecular weight is 563 g/mol. The maximum absolute atomic E-state index is 13.5. The number of hydrogen-bond acceptors (Lipinski definition) is 11. The number of ether oxygens (including phenoxy) is 1. The van der Waals surface area contributed by atoms with Gasteiger partial charge < -0.3 is 20.2 Å². The lowest BCUT2D eigenvalue weighted by atomic mass is 9.69. The normalized spacial score (nSPS) is 18.6.